The molecule has 1 aromatic rings. The topological polar surface area (TPSA) is 60.5 Å². The highest BCUT2D eigenvalue weighted by molar-refractivity contribution is 6.76. The Labute approximate surface area is 159 Å². The van der Waals surface area contributed by atoms with E-state index in [0.717, 1.165) is 23.3 Å². The minimum absolute atomic E-state index is 0.0403. The zero-order valence-corrected chi connectivity index (χ0v) is 19.1. The van der Waals surface area contributed by atoms with Gasteiger partial charge in [-0.2, -0.15) is 0 Å². The number of fused-ring (bicyclic) bond motifs is 1. The molecule has 0 atom stereocenters. The molecular formula is C19H34N2O3Si2. The first-order valence-corrected chi connectivity index (χ1v) is 16.9. The number of anilines is 1. The summed E-state index contributed by atoms with van der Waals surface area (Å²) in [5, 5.41) is 2.98. The second-order valence-electron chi connectivity index (χ2n) is 9.68. The van der Waals surface area contributed by atoms with Crippen molar-refractivity contribution in [2.75, 3.05) is 31.7 Å². The third-order valence-corrected chi connectivity index (χ3v) is 8.12. The molecule has 7 heteroatoms. The molecule has 0 fully saturated rings. The van der Waals surface area contributed by atoms with Crippen molar-refractivity contribution < 1.29 is 14.3 Å². The minimum Gasteiger partial charge on any atom is -0.380 e. The van der Waals surface area contributed by atoms with E-state index < -0.39 is 21.6 Å². The van der Waals surface area contributed by atoms with Gasteiger partial charge in [0.2, 0.25) is 5.91 Å². The molecule has 0 unspecified atom stereocenters. The number of ether oxygens (including phenoxy) is 2. The fourth-order valence-corrected chi connectivity index (χ4v) is 4.34. The molecule has 2 heterocycles. The van der Waals surface area contributed by atoms with Gasteiger partial charge in [-0.3, -0.25) is 9.78 Å². The molecule has 0 saturated heterocycles. The number of carbonyl (C=O) groups is 1. The van der Waals surface area contributed by atoms with Crippen LogP contribution >= 0.6 is 0 Å². The van der Waals surface area contributed by atoms with Crippen LogP contribution in [-0.4, -0.2) is 53.5 Å². The van der Waals surface area contributed by atoms with Crippen LogP contribution < -0.4 is 5.32 Å². The highest BCUT2D eigenvalue weighted by Gasteiger charge is 2.48. The molecule has 0 spiro atoms. The standard InChI is InChI=1S/C19H34N2O3Si2/c1-25(2,3)11-9-23-14-19(15-24-10-12-26(4,5)6)16-13-20-8-7-17(16)21-18(19)22/h7-8,13H,9-12,14-15H2,1-6H3,(H,21,22). The molecule has 26 heavy (non-hydrogen) atoms. The fraction of sp³-hybridized carbons (Fsp3) is 0.684. The first kappa shape index (κ1) is 21.3. The van der Waals surface area contributed by atoms with E-state index in [-0.39, 0.29) is 5.91 Å². The molecule has 0 saturated carbocycles. The van der Waals surface area contributed by atoms with Gasteiger partial charge in [0.15, 0.2) is 0 Å². The van der Waals surface area contributed by atoms with Crippen molar-refractivity contribution in [2.45, 2.75) is 56.8 Å². The van der Waals surface area contributed by atoms with Gasteiger partial charge in [0.25, 0.3) is 0 Å². The molecule has 0 radical (unpaired) electrons. The predicted molar refractivity (Wildman–Crippen MR) is 112 cm³/mol. The summed E-state index contributed by atoms with van der Waals surface area (Å²) in [5.41, 5.74) is 0.932. The second kappa shape index (κ2) is 8.33. The molecule has 1 N–H and O–H groups in total. The number of aromatic nitrogens is 1. The van der Waals surface area contributed by atoms with Gasteiger partial charge in [-0.1, -0.05) is 39.3 Å². The fourth-order valence-electron chi connectivity index (χ4n) is 2.83. The van der Waals surface area contributed by atoms with Crippen molar-refractivity contribution in [3.8, 4) is 0 Å². The second-order valence-corrected chi connectivity index (χ2v) is 20.9. The number of hydrogen-bond donors (Lipinski definition) is 1. The predicted octanol–water partition coefficient (Wildman–Crippen LogP) is 3.98. The molecule has 1 aliphatic rings. The summed E-state index contributed by atoms with van der Waals surface area (Å²) in [5.74, 6) is -0.0403. The van der Waals surface area contributed by atoms with E-state index in [1.807, 2.05) is 6.07 Å². The van der Waals surface area contributed by atoms with Crippen molar-refractivity contribution in [3.63, 3.8) is 0 Å². The maximum Gasteiger partial charge on any atom is 0.239 e. The van der Waals surface area contributed by atoms with Crippen molar-refractivity contribution in [1.82, 2.24) is 4.98 Å². The molecule has 0 bridgehead atoms. The van der Waals surface area contributed by atoms with Crippen LogP contribution in [0.4, 0.5) is 5.69 Å². The van der Waals surface area contributed by atoms with Crippen molar-refractivity contribution >= 4 is 27.7 Å². The number of carbonyl (C=O) groups excluding carboxylic acids is 1. The van der Waals surface area contributed by atoms with Crippen LogP contribution in [0.25, 0.3) is 0 Å². The van der Waals surface area contributed by atoms with Crippen LogP contribution in [0.2, 0.25) is 51.4 Å². The van der Waals surface area contributed by atoms with Gasteiger partial charge in [0, 0.05) is 53.0 Å². The average molecular weight is 395 g/mol. The summed E-state index contributed by atoms with van der Waals surface area (Å²) >= 11 is 0. The summed E-state index contributed by atoms with van der Waals surface area (Å²) in [6.45, 7) is 16.0. The van der Waals surface area contributed by atoms with Gasteiger partial charge in [-0.25, -0.2) is 0 Å². The van der Waals surface area contributed by atoms with Gasteiger partial charge in [-0.15, -0.1) is 0 Å². The maximum absolute atomic E-state index is 12.9. The van der Waals surface area contributed by atoms with Gasteiger partial charge in [0.05, 0.1) is 13.2 Å². The molecule has 5 nitrogen and oxygen atoms in total. The highest BCUT2D eigenvalue weighted by atomic mass is 28.3. The number of nitrogens with zero attached hydrogens (tertiary/aromatic N) is 1. The minimum atomic E-state index is -1.16. The summed E-state index contributed by atoms with van der Waals surface area (Å²) in [6, 6.07) is 4.02. The van der Waals surface area contributed by atoms with Crippen LogP contribution in [-0.2, 0) is 19.7 Å². The summed E-state index contributed by atoms with van der Waals surface area (Å²) in [7, 11) is -2.33. The lowest BCUT2D eigenvalue weighted by molar-refractivity contribution is -0.126. The Hall–Kier alpha value is -1.03. The summed E-state index contributed by atoms with van der Waals surface area (Å²) in [6.07, 6.45) is 3.48. The Bertz CT molecular complexity index is 602. The quantitative estimate of drug-likeness (QED) is 0.482. The lowest BCUT2D eigenvalue weighted by Crippen LogP contribution is -2.44. The Morgan fingerprint density at radius 2 is 1.54 bits per heavy atom. The summed E-state index contributed by atoms with van der Waals surface area (Å²) in [4.78, 5) is 17.1. The van der Waals surface area contributed by atoms with Crippen LogP contribution in [0.3, 0.4) is 0 Å². The normalized spacial score (nSPS) is 16.5. The van der Waals surface area contributed by atoms with E-state index in [2.05, 4.69) is 49.6 Å². The van der Waals surface area contributed by atoms with E-state index in [1.54, 1.807) is 12.4 Å². The van der Waals surface area contributed by atoms with Gasteiger partial charge in [-0.05, 0) is 18.2 Å². The molecule has 1 aromatic heterocycles. The Morgan fingerprint density at radius 1 is 1.00 bits per heavy atom. The third-order valence-electron chi connectivity index (χ3n) is 4.71. The molecule has 146 valence electrons. The maximum atomic E-state index is 12.9. The zero-order valence-electron chi connectivity index (χ0n) is 17.1. The number of rotatable bonds is 10. The highest BCUT2D eigenvalue weighted by Crippen LogP contribution is 2.38. The molecule has 1 amide bonds. The van der Waals surface area contributed by atoms with Crippen molar-refractivity contribution in [2.24, 2.45) is 0 Å². The van der Waals surface area contributed by atoms with Crippen molar-refractivity contribution in [1.29, 1.82) is 0 Å². The van der Waals surface area contributed by atoms with Crippen LogP contribution in [0, 0.1) is 0 Å². The largest absolute Gasteiger partial charge is 0.380 e. The number of amides is 1. The SMILES string of the molecule is C[Si](C)(C)CCOCC1(COCC[Si](C)(C)C)C(=O)Nc2ccncc21. The van der Waals surface area contributed by atoms with Crippen LogP contribution in [0.1, 0.15) is 5.56 Å². The third kappa shape index (κ3) is 5.74. The first-order chi connectivity index (χ1) is 12.0. The van der Waals surface area contributed by atoms with E-state index >= 15 is 0 Å². The van der Waals surface area contributed by atoms with Gasteiger partial charge in [0.1, 0.15) is 5.41 Å². The molecule has 2 rings (SSSR count). The van der Waals surface area contributed by atoms with E-state index in [4.69, 9.17) is 9.47 Å². The number of nitrogens with one attached hydrogen (secondary N) is 1. The van der Waals surface area contributed by atoms with Crippen LogP contribution in [0.5, 0.6) is 0 Å². The molecule has 0 aromatic carbocycles. The lowest BCUT2D eigenvalue weighted by atomic mass is 9.84. The lowest BCUT2D eigenvalue weighted by Gasteiger charge is -2.28. The number of pyridine rings is 1. The molecular weight excluding hydrogens is 360 g/mol. The first-order valence-electron chi connectivity index (χ1n) is 9.45. The average Bonchev–Trinajstić information content (AvgIpc) is 2.79. The summed E-state index contributed by atoms with van der Waals surface area (Å²) < 4.78 is 12.0. The van der Waals surface area contributed by atoms with E-state index in [0.29, 0.717) is 26.4 Å². The molecule has 1 aliphatic heterocycles. The zero-order chi connectivity index (χ0) is 19.4. The Morgan fingerprint density at radius 3 is 2.04 bits per heavy atom. The van der Waals surface area contributed by atoms with Crippen molar-refractivity contribution in [3.05, 3.63) is 24.0 Å². The number of hydrogen-bond acceptors (Lipinski definition) is 4. The van der Waals surface area contributed by atoms with Crippen LogP contribution in [0.15, 0.2) is 18.5 Å². The monoisotopic (exact) mass is 394 g/mol. The van der Waals surface area contributed by atoms with E-state index in [9.17, 15) is 4.79 Å². The van der Waals surface area contributed by atoms with Gasteiger partial charge >= 0.3 is 0 Å². The molecule has 0 aliphatic carbocycles. The van der Waals surface area contributed by atoms with E-state index in [1.165, 1.54) is 0 Å². The van der Waals surface area contributed by atoms with Gasteiger partial charge < -0.3 is 14.8 Å². The Kier molecular flexibility index (Phi) is 6.82. The smallest absolute Gasteiger partial charge is 0.239 e. The Balaban J connectivity index is 2.08.